The van der Waals surface area contributed by atoms with Gasteiger partial charge in [0.25, 0.3) is 5.91 Å². The van der Waals surface area contributed by atoms with Crippen LogP contribution in [0.15, 0.2) is 48.7 Å². The Labute approximate surface area is 184 Å². The Balaban J connectivity index is 1.59. The van der Waals surface area contributed by atoms with Crippen molar-refractivity contribution in [1.82, 2.24) is 19.2 Å². The molecule has 1 N–H and O–H groups in total. The summed E-state index contributed by atoms with van der Waals surface area (Å²) in [5.74, 6) is 0.270. The third-order valence-electron chi connectivity index (χ3n) is 6.31. The molecule has 3 heterocycles. The van der Waals surface area contributed by atoms with Crippen molar-refractivity contribution in [3.8, 4) is 0 Å². The minimum absolute atomic E-state index is 0.0373. The van der Waals surface area contributed by atoms with Crippen LogP contribution in [0.25, 0.3) is 5.65 Å². The van der Waals surface area contributed by atoms with Crippen LogP contribution in [0.1, 0.15) is 40.2 Å². The number of aromatic nitrogens is 2. The lowest BCUT2D eigenvalue weighted by Crippen LogP contribution is -2.37. The SMILES string of the molecule is Cc1cccn2c(CN3CCCC(CO)C3)c(C(=O)N(C)CCc3ccccc3)nc12. The van der Waals surface area contributed by atoms with Crippen LogP contribution in [0.3, 0.4) is 0 Å². The zero-order valence-corrected chi connectivity index (χ0v) is 18.5. The molecule has 1 fully saturated rings. The largest absolute Gasteiger partial charge is 0.396 e. The van der Waals surface area contributed by atoms with E-state index in [-0.39, 0.29) is 12.5 Å². The molecule has 164 valence electrons. The Morgan fingerprint density at radius 2 is 2.03 bits per heavy atom. The molecule has 1 aromatic carbocycles. The number of benzene rings is 1. The molecule has 1 unspecified atom stereocenters. The second kappa shape index (κ2) is 9.62. The molecular weight excluding hydrogens is 388 g/mol. The van der Waals surface area contributed by atoms with Gasteiger partial charge in [0.2, 0.25) is 0 Å². The molecule has 31 heavy (non-hydrogen) atoms. The second-order valence-corrected chi connectivity index (χ2v) is 8.68. The number of aryl methyl sites for hydroxylation is 1. The third kappa shape index (κ3) is 4.81. The van der Waals surface area contributed by atoms with Crippen LogP contribution in [-0.4, -0.2) is 63.5 Å². The summed E-state index contributed by atoms with van der Waals surface area (Å²) in [5, 5.41) is 9.61. The summed E-state index contributed by atoms with van der Waals surface area (Å²) in [4.78, 5) is 22.3. The van der Waals surface area contributed by atoms with Gasteiger partial charge in [0.1, 0.15) is 5.65 Å². The van der Waals surface area contributed by atoms with Crippen LogP contribution >= 0.6 is 0 Å². The zero-order valence-electron chi connectivity index (χ0n) is 18.5. The van der Waals surface area contributed by atoms with Gasteiger partial charge >= 0.3 is 0 Å². The van der Waals surface area contributed by atoms with E-state index >= 15 is 0 Å². The number of hydrogen-bond acceptors (Lipinski definition) is 4. The smallest absolute Gasteiger partial charge is 0.274 e. The Hall–Kier alpha value is -2.70. The van der Waals surface area contributed by atoms with Crippen LogP contribution in [0, 0.1) is 12.8 Å². The summed E-state index contributed by atoms with van der Waals surface area (Å²) in [6.45, 7) is 5.39. The van der Waals surface area contributed by atoms with Crippen LogP contribution in [-0.2, 0) is 13.0 Å². The Bertz CT molecular complexity index is 1030. The molecule has 1 aliphatic rings. The summed E-state index contributed by atoms with van der Waals surface area (Å²) in [7, 11) is 1.86. The highest BCUT2D eigenvalue weighted by molar-refractivity contribution is 5.94. The van der Waals surface area contributed by atoms with Crippen molar-refractivity contribution in [3.63, 3.8) is 0 Å². The molecule has 2 aromatic heterocycles. The van der Waals surface area contributed by atoms with Crippen molar-refractivity contribution < 1.29 is 9.90 Å². The van der Waals surface area contributed by atoms with Gasteiger partial charge in [0.15, 0.2) is 5.69 Å². The van der Waals surface area contributed by atoms with Gasteiger partial charge in [0.05, 0.1) is 5.69 Å². The second-order valence-electron chi connectivity index (χ2n) is 8.68. The number of aliphatic hydroxyl groups is 1. The maximum atomic E-state index is 13.4. The predicted molar refractivity (Wildman–Crippen MR) is 122 cm³/mol. The Kier molecular flexibility index (Phi) is 6.68. The summed E-state index contributed by atoms with van der Waals surface area (Å²) >= 11 is 0. The van der Waals surface area contributed by atoms with E-state index in [9.17, 15) is 9.90 Å². The number of hydrogen-bond donors (Lipinski definition) is 1. The Morgan fingerprint density at radius 3 is 2.81 bits per heavy atom. The van der Waals surface area contributed by atoms with E-state index in [1.54, 1.807) is 4.90 Å². The highest BCUT2D eigenvalue weighted by atomic mass is 16.3. The molecular formula is C25H32N4O2. The van der Waals surface area contributed by atoms with Gasteiger partial charge in [-0.3, -0.25) is 9.69 Å². The van der Waals surface area contributed by atoms with E-state index < -0.39 is 0 Å². The number of carbonyl (C=O) groups excluding carboxylic acids is 1. The molecule has 6 nitrogen and oxygen atoms in total. The van der Waals surface area contributed by atoms with Gasteiger partial charge in [-0.2, -0.15) is 0 Å². The molecule has 1 saturated heterocycles. The number of pyridine rings is 1. The van der Waals surface area contributed by atoms with Crippen LogP contribution < -0.4 is 0 Å². The van der Waals surface area contributed by atoms with Gasteiger partial charge < -0.3 is 14.4 Å². The minimum atomic E-state index is -0.0373. The fraction of sp³-hybridized carbons (Fsp3) is 0.440. The van der Waals surface area contributed by atoms with E-state index in [0.29, 0.717) is 24.7 Å². The first-order valence-electron chi connectivity index (χ1n) is 11.2. The first-order chi connectivity index (χ1) is 15.1. The monoisotopic (exact) mass is 420 g/mol. The number of piperidine rings is 1. The molecule has 0 saturated carbocycles. The summed E-state index contributed by atoms with van der Waals surface area (Å²) in [6.07, 6.45) is 4.95. The van der Waals surface area contributed by atoms with Gasteiger partial charge in [-0.1, -0.05) is 36.4 Å². The number of rotatable bonds is 7. The quantitative estimate of drug-likeness (QED) is 0.638. The van der Waals surface area contributed by atoms with E-state index in [1.807, 2.05) is 50.5 Å². The average molecular weight is 421 g/mol. The minimum Gasteiger partial charge on any atom is -0.396 e. The predicted octanol–water partition coefficient (Wildman–Crippen LogP) is 3.16. The van der Waals surface area contributed by atoms with Crippen molar-refractivity contribution in [2.45, 2.75) is 32.7 Å². The van der Waals surface area contributed by atoms with Crippen molar-refractivity contribution in [3.05, 3.63) is 71.2 Å². The maximum absolute atomic E-state index is 13.4. The average Bonchev–Trinajstić information content (AvgIpc) is 3.17. The van der Waals surface area contributed by atoms with Gasteiger partial charge in [-0.05, 0) is 55.8 Å². The number of nitrogens with zero attached hydrogens (tertiary/aromatic N) is 4. The first kappa shape index (κ1) is 21.5. The molecule has 0 spiro atoms. The number of aliphatic hydroxyl groups excluding tert-OH is 1. The molecule has 0 bridgehead atoms. The maximum Gasteiger partial charge on any atom is 0.274 e. The highest BCUT2D eigenvalue weighted by Gasteiger charge is 2.26. The molecule has 0 aliphatic carbocycles. The number of fused-ring (bicyclic) bond motifs is 1. The third-order valence-corrected chi connectivity index (χ3v) is 6.31. The van der Waals surface area contributed by atoms with Crippen LogP contribution in [0.2, 0.25) is 0 Å². The number of likely N-dealkylation sites (N-methyl/N-ethyl adjacent to an activating group) is 1. The lowest BCUT2D eigenvalue weighted by molar-refractivity contribution is 0.0785. The Morgan fingerprint density at radius 1 is 1.23 bits per heavy atom. The van der Waals surface area contributed by atoms with E-state index in [2.05, 4.69) is 21.4 Å². The summed E-state index contributed by atoms with van der Waals surface area (Å²) in [6, 6.07) is 14.3. The standard InChI is InChI=1S/C25H32N4O2/c1-19-8-6-14-29-22(17-28-13-7-11-21(16-28)18-30)23(26-24(19)29)25(31)27(2)15-12-20-9-4-3-5-10-20/h3-6,8-10,14,21,30H,7,11-13,15-18H2,1-2H3. The molecule has 0 radical (unpaired) electrons. The van der Waals surface area contributed by atoms with Crippen molar-refractivity contribution in [2.24, 2.45) is 5.92 Å². The number of carbonyl (C=O) groups is 1. The van der Waals surface area contributed by atoms with Crippen LogP contribution in [0.4, 0.5) is 0 Å². The van der Waals surface area contributed by atoms with Crippen LogP contribution in [0.5, 0.6) is 0 Å². The van der Waals surface area contributed by atoms with Gasteiger partial charge in [-0.25, -0.2) is 4.98 Å². The molecule has 3 aromatic rings. The van der Waals surface area contributed by atoms with Crippen molar-refractivity contribution in [1.29, 1.82) is 0 Å². The zero-order chi connectivity index (χ0) is 21.8. The summed E-state index contributed by atoms with van der Waals surface area (Å²) in [5.41, 5.74) is 4.59. The lowest BCUT2D eigenvalue weighted by Gasteiger charge is -2.31. The van der Waals surface area contributed by atoms with E-state index in [1.165, 1.54) is 5.56 Å². The molecule has 1 aliphatic heterocycles. The lowest BCUT2D eigenvalue weighted by atomic mass is 9.99. The normalized spacial score (nSPS) is 17.2. The van der Waals surface area contributed by atoms with Crippen molar-refractivity contribution in [2.75, 3.05) is 33.3 Å². The van der Waals surface area contributed by atoms with E-state index in [0.717, 1.165) is 49.3 Å². The number of likely N-dealkylation sites (tertiary alicyclic amines) is 1. The topological polar surface area (TPSA) is 61.1 Å². The van der Waals surface area contributed by atoms with E-state index in [4.69, 9.17) is 4.98 Å². The van der Waals surface area contributed by atoms with Crippen molar-refractivity contribution >= 4 is 11.6 Å². The summed E-state index contributed by atoms with van der Waals surface area (Å²) < 4.78 is 2.07. The molecule has 6 heteroatoms. The highest BCUT2D eigenvalue weighted by Crippen LogP contribution is 2.23. The van der Waals surface area contributed by atoms with Gasteiger partial charge in [-0.15, -0.1) is 0 Å². The van der Waals surface area contributed by atoms with Gasteiger partial charge in [0, 0.05) is 39.5 Å². The first-order valence-corrected chi connectivity index (χ1v) is 11.2. The number of amides is 1. The molecule has 1 atom stereocenters. The fourth-order valence-corrected chi connectivity index (χ4v) is 4.45. The molecule has 4 rings (SSSR count). The fourth-order valence-electron chi connectivity index (χ4n) is 4.45. The number of imidazole rings is 1. The molecule has 1 amide bonds.